The lowest BCUT2D eigenvalue weighted by Gasteiger charge is -2.33. The molecule has 2 aromatic rings. The maximum Gasteiger partial charge on any atom is 0.410 e. The average molecular weight is 426 g/mol. The third kappa shape index (κ3) is 5.41. The van der Waals surface area contributed by atoms with Gasteiger partial charge in [0.1, 0.15) is 11.4 Å². The molecule has 0 unspecified atom stereocenters. The van der Waals surface area contributed by atoms with E-state index in [1.54, 1.807) is 11.1 Å². The zero-order valence-corrected chi connectivity index (χ0v) is 18.8. The van der Waals surface area contributed by atoms with Crippen LogP contribution in [0.5, 0.6) is 0 Å². The number of nitrogens with one attached hydrogen (secondary N) is 1. The van der Waals surface area contributed by atoms with E-state index in [2.05, 4.69) is 37.1 Å². The Morgan fingerprint density at radius 3 is 2.65 bits per heavy atom. The van der Waals surface area contributed by atoms with Gasteiger partial charge in [-0.05, 0) is 45.9 Å². The number of likely N-dealkylation sites (N-methyl/N-ethyl adjacent to an activating group) is 1. The van der Waals surface area contributed by atoms with Crippen LogP contribution in [-0.4, -0.2) is 76.2 Å². The number of carbonyl (C=O) groups is 1. The predicted octanol–water partition coefficient (Wildman–Crippen LogP) is 2.66. The molecule has 1 amide bonds. The minimum absolute atomic E-state index is 0.308. The van der Waals surface area contributed by atoms with Crippen molar-refractivity contribution < 1.29 is 9.53 Å². The lowest BCUT2D eigenvalue weighted by Crippen LogP contribution is -2.44. The second-order valence-electron chi connectivity index (χ2n) is 9.14. The van der Waals surface area contributed by atoms with Gasteiger partial charge in [0.15, 0.2) is 0 Å². The fraction of sp³-hybridized carbons (Fsp3) is 0.545. The van der Waals surface area contributed by atoms with Gasteiger partial charge in [-0.3, -0.25) is 0 Å². The highest BCUT2D eigenvalue weighted by molar-refractivity contribution is 5.68. The van der Waals surface area contributed by atoms with Gasteiger partial charge in [-0.2, -0.15) is 0 Å². The number of amides is 1. The summed E-state index contributed by atoms with van der Waals surface area (Å²) in [5.74, 6) is 1.47. The number of ether oxygens (including phenoxy) is 1. The maximum atomic E-state index is 12.4. The molecule has 0 aliphatic carbocycles. The van der Waals surface area contributed by atoms with Crippen LogP contribution in [0.25, 0.3) is 0 Å². The molecule has 0 atom stereocenters. The van der Waals surface area contributed by atoms with Crippen molar-refractivity contribution >= 4 is 23.5 Å². The highest BCUT2D eigenvalue weighted by Crippen LogP contribution is 2.23. The number of rotatable bonds is 3. The molecule has 0 saturated carbocycles. The summed E-state index contributed by atoms with van der Waals surface area (Å²) >= 11 is 0. The van der Waals surface area contributed by atoms with Crippen LogP contribution in [0.2, 0.25) is 0 Å². The number of hydrogen-bond acceptors (Lipinski definition) is 8. The Labute approximate surface area is 183 Å². The first-order valence-electron chi connectivity index (χ1n) is 10.8. The average Bonchev–Trinajstić information content (AvgIpc) is 2.73. The second kappa shape index (κ2) is 8.66. The molecule has 0 spiro atoms. The van der Waals surface area contributed by atoms with Gasteiger partial charge in [0.2, 0.25) is 5.95 Å². The summed E-state index contributed by atoms with van der Waals surface area (Å²) in [4.78, 5) is 32.4. The van der Waals surface area contributed by atoms with Crippen molar-refractivity contribution in [2.75, 3.05) is 50.0 Å². The number of anilines is 3. The molecule has 2 aliphatic rings. The number of piperazine rings is 1. The van der Waals surface area contributed by atoms with E-state index in [0.717, 1.165) is 55.4 Å². The van der Waals surface area contributed by atoms with Gasteiger partial charge in [-0.15, -0.1) is 0 Å². The van der Waals surface area contributed by atoms with Crippen LogP contribution >= 0.6 is 0 Å². The summed E-state index contributed by atoms with van der Waals surface area (Å²) < 4.78 is 5.51. The molecule has 9 nitrogen and oxygen atoms in total. The van der Waals surface area contributed by atoms with E-state index >= 15 is 0 Å². The number of nitrogens with zero attached hydrogens (tertiary/aromatic N) is 6. The summed E-state index contributed by atoms with van der Waals surface area (Å²) in [6, 6.07) is 3.94. The minimum Gasteiger partial charge on any atom is -0.444 e. The Hall–Kier alpha value is -2.94. The molecular weight excluding hydrogens is 394 g/mol. The molecule has 0 radical (unpaired) electrons. The van der Waals surface area contributed by atoms with Crippen LogP contribution in [0, 0.1) is 0 Å². The number of carbonyl (C=O) groups excluding carboxylic acids is 1. The summed E-state index contributed by atoms with van der Waals surface area (Å²) in [7, 11) is 2.14. The van der Waals surface area contributed by atoms with E-state index in [9.17, 15) is 4.79 Å². The maximum absolute atomic E-state index is 12.4. The van der Waals surface area contributed by atoms with Gasteiger partial charge in [0, 0.05) is 56.9 Å². The largest absolute Gasteiger partial charge is 0.444 e. The molecule has 1 saturated heterocycles. The zero-order valence-electron chi connectivity index (χ0n) is 18.8. The summed E-state index contributed by atoms with van der Waals surface area (Å²) in [6.07, 6.45) is 4.06. The number of fused-ring (bicyclic) bond motifs is 1. The van der Waals surface area contributed by atoms with Crippen LogP contribution in [0.1, 0.15) is 32.0 Å². The molecule has 2 aliphatic heterocycles. The molecule has 4 rings (SSSR count). The third-order valence-electron chi connectivity index (χ3n) is 5.43. The quantitative estimate of drug-likeness (QED) is 0.803. The van der Waals surface area contributed by atoms with E-state index in [4.69, 9.17) is 4.74 Å². The molecule has 166 valence electrons. The standard InChI is InChI=1S/C22H31N7O2/c1-22(2,3)31-21(30)29-8-6-16-14-24-20(26-18(16)15-29)25-17-5-7-23-19(13-17)28-11-9-27(4)10-12-28/h5,7,13-14H,6,8-12,15H2,1-4H3,(H,23,24,25,26). The molecule has 4 heterocycles. The Morgan fingerprint density at radius 1 is 1.13 bits per heavy atom. The molecular formula is C22H31N7O2. The van der Waals surface area contributed by atoms with E-state index in [0.29, 0.717) is 19.0 Å². The van der Waals surface area contributed by atoms with Crippen LogP contribution in [0.15, 0.2) is 24.5 Å². The van der Waals surface area contributed by atoms with Crippen LogP contribution in [0.3, 0.4) is 0 Å². The summed E-state index contributed by atoms with van der Waals surface area (Å²) in [6.45, 7) is 10.6. The Kier molecular flexibility index (Phi) is 5.95. The first-order valence-corrected chi connectivity index (χ1v) is 10.8. The Bertz CT molecular complexity index is 936. The molecule has 2 aromatic heterocycles. The number of pyridine rings is 1. The third-order valence-corrected chi connectivity index (χ3v) is 5.43. The van der Waals surface area contributed by atoms with E-state index < -0.39 is 5.60 Å². The fourth-order valence-corrected chi connectivity index (χ4v) is 3.68. The van der Waals surface area contributed by atoms with E-state index in [1.807, 2.05) is 39.1 Å². The van der Waals surface area contributed by atoms with Crippen LogP contribution < -0.4 is 10.2 Å². The van der Waals surface area contributed by atoms with Gasteiger partial charge in [0.25, 0.3) is 0 Å². The molecule has 0 bridgehead atoms. The van der Waals surface area contributed by atoms with E-state index in [-0.39, 0.29) is 6.09 Å². The molecule has 9 heteroatoms. The molecule has 0 aromatic carbocycles. The lowest BCUT2D eigenvalue weighted by atomic mass is 10.1. The molecule has 1 fully saturated rings. The van der Waals surface area contributed by atoms with Crippen molar-refractivity contribution in [2.45, 2.75) is 39.3 Å². The first-order chi connectivity index (χ1) is 14.8. The summed E-state index contributed by atoms with van der Waals surface area (Å²) in [5.41, 5.74) is 2.29. The highest BCUT2D eigenvalue weighted by atomic mass is 16.6. The summed E-state index contributed by atoms with van der Waals surface area (Å²) in [5, 5.41) is 3.29. The second-order valence-corrected chi connectivity index (χ2v) is 9.14. The van der Waals surface area contributed by atoms with Crippen molar-refractivity contribution in [3.8, 4) is 0 Å². The van der Waals surface area contributed by atoms with Gasteiger partial charge >= 0.3 is 6.09 Å². The zero-order chi connectivity index (χ0) is 22.0. The van der Waals surface area contributed by atoms with Crippen LogP contribution in [-0.2, 0) is 17.7 Å². The number of aromatic nitrogens is 3. The normalized spacial score (nSPS) is 17.3. The van der Waals surface area contributed by atoms with Crippen molar-refractivity contribution in [1.82, 2.24) is 24.8 Å². The van der Waals surface area contributed by atoms with Crippen LogP contribution in [0.4, 0.5) is 22.2 Å². The predicted molar refractivity (Wildman–Crippen MR) is 120 cm³/mol. The Balaban J connectivity index is 1.45. The van der Waals surface area contributed by atoms with Crippen molar-refractivity contribution in [3.63, 3.8) is 0 Å². The van der Waals surface area contributed by atoms with E-state index in [1.165, 1.54) is 0 Å². The van der Waals surface area contributed by atoms with Gasteiger partial charge in [-0.1, -0.05) is 0 Å². The molecule has 1 N–H and O–H groups in total. The van der Waals surface area contributed by atoms with Gasteiger partial charge in [0.05, 0.1) is 12.2 Å². The van der Waals surface area contributed by atoms with Crippen molar-refractivity contribution in [3.05, 3.63) is 35.8 Å². The monoisotopic (exact) mass is 425 g/mol. The Morgan fingerprint density at radius 2 is 1.90 bits per heavy atom. The smallest absolute Gasteiger partial charge is 0.410 e. The number of hydrogen-bond donors (Lipinski definition) is 1. The van der Waals surface area contributed by atoms with Gasteiger partial charge in [-0.25, -0.2) is 19.7 Å². The SMILES string of the molecule is CN1CCN(c2cc(Nc3ncc4c(n3)CN(C(=O)OC(C)(C)C)CC4)ccn2)CC1. The van der Waals surface area contributed by atoms with Gasteiger partial charge < -0.3 is 24.8 Å². The van der Waals surface area contributed by atoms with Crippen molar-refractivity contribution in [1.29, 1.82) is 0 Å². The first kappa shape index (κ1) is 21.3. The fourth-order valence-electron chi connectivity index (χ4n) is 3.68. The van der Waals surface area contributed by atoms with Crippen molar-refractivity contribution in [2.24, 2.45) is 0 Å². The highest BCUT2D eigenvalue weighted by Gasteiger charge is 2.27. The minimum atomic E-state index is -0.515. The lowest BCUT2D eigenvalue weighted by molar-refractivity contribution is 0.0220. The topological polar surface area (TPSA) is 86.7 Å². The molecule has 31 heavy (non-hydrogen) atoms.